The summed E-state index contributed by atoms with van der Waals surface area (Å²) in [5.41, 5.74) is 4.73. The highest BCUT2D eigenvalue weighted by molar-refractivity contribution is 7.98. The molecule has 2 heterocycles. The van der Waals surface area contributed by atoms with Crippen molar-refractivity contribution >= 4 is 35.3 Å². The summed E-state index contributed by atoms with van der Waals surface area (Å²) in [5, 5.41) is 9.34. The summed E-state index contributed by atoms with van der Waals surface area (Å²) in [5.74, 6) is 1.77. The van der Waals surface area contributed by atoms with Gasteiger partial charge < -0.3 is 19.5 Å². The minimum atomic E-state index is -0.635. The number of fused-ring (bicyclic) bond motifs is 1. The van der Waals surface area contributed by atoms with Crippen LogP contribution in [0.3, 0.4) is 0 Å². The summed E-state index contributed by atoms with van der Waals surface area (Å²) < 4.78 is 19.4. The monoisotopic (exact) mass is 638 g/mol. The number of aromatic nitrogens is 3. The molecular weight excluding hydrogens is 608 g/mol. The number of hydrogen-bond donors (Lipinski definition) is 1. The largest absolute Gasteiger partial charge is 0.493 e. The highest BCUT2D eigenvalue weighted by atomic mass is 35.5. The molecule has 0 aliphatic carbocycles. The lowest BCUT2D eigenvalue weighted by atomic mass is 9.95. The van der Waals surface area contributed by atoms with Gasteiger partial charge in [-0.05, 0) is 47.4 Å². The smallest absolute Gasteiger partial charge is 0.338 e. The maximum Gasteiger partial charge on any atom is 0.338 e. The molecule has 228 valence electrons. The van der Waals surface area contributed by atoms with Crippen LogP contribution >= 0.6 is 23.4 Å². The van der Waals surface area contributed by atoms with Gasteiger partial charge in [-0.3, -0.25) is 0 Å². The van der Waals surface area contributed by atoms with Crippen molar-refractivity contribution in [3.8, 4) is 11.5 Å². The van der Waals surface area contributed by atoms with Crippen molar-refractivity contribution in [2.75, 3.05) is 12.4 Å². The van der Waals surface area contributed by atoms with Crippen LogP contribution in [0.5, 0.6) is 11.5 Å². The van der Waals surface area contributed by atoms with Gasteiger partial charge in [0.2, 0.25) is 11.1 Å². The number of hydrogen-bond acceptors (Lipinski definition) is 8. The zero-order valence-electron chi connectivity index (χ0n) is 24.8. The lowest BCUT2D eigenvalue weighted by Crippen LogP contribution is -2.29. The highest BCUT2D eigenvalue weighted by Crippen LogP contribution is 2.40. The molecule has 5 aromatic rings. The van der Waals surface area contributed by atoms with Gasteiger partial charge in [-0.1, -0.05) is 108 Å². The Morgan fingerprint density at radius 3 is 2.31 bits per heavy atom. The molecule has 1 N–H and O–H groups in total. The number of nitrogens with zero attached hydrogens (tertiary/aromatic N) is 3. The zero-order chi connectivity index (χ0) is 31.2. The number of allylic oxidation sites excluding steroid dienone is 1. The minimum Gasteiger partial charge on any atom is -0.493 e. The first-order chi connectivity index (χ1) is 22.0. The van der Waals surface area contributed by atoms with Gasteiger partial charge in [-0.2, -0.15) is 4.98 Å². The van der Waals surface area contributed by atoms with Crippen molar-refractivity contribution in [2.24, 2.45) is 0 Å². The van der Waals surface area contributed by atoms with E-state index in [2.05, 4.69) is 5.32 Å². The van der Waals surface area contributed by atoms with Crippen LogP contribution in [-0.4, -0.2) is 27.8 Å². The third-order valence-electron chi connectivity index (χ3n) is 7.32. The van der Waals surface area contributed by atoms with Crippen LogP contribution in [0, 0.1) is 0 Å². The molecule has 10 heteroatoms. The van der Waals surface area contributed by atoms with Crippen LogP contribution in [0.15, 0.2) is 120 Å². The van der Waals surface area contributed by atoms with Crippen LogP contribution in [-0.2, 0) is 28.5 Å². The Balaban J connectivity index is 1.32. The van der Waals surface area contributed by atoms with Crippen LogP contribution in [0.1, 0.15) is 35.2 Å². The molecule has 0 fully saturated rings. The van der Waals surface area contributed by atoms with Gasteiger partial charge in [0.15, 0.2) is 11.5 Å². The number of benzene rings is 4. The van der Waals surface area contributed by atoms with E-state index in [1.165, 1.54) is 11.8 Å². The number of methoxy groups -OCH3 is 1. The van der Waals surface area contributed by atoms with Crippen molar-refractivity contribution in [1.82, 2.24) is 14.8 Å². The van der Waals surface area contributed by atoms with Gasteiger partial charge in [0.1, 0.15) is 19.3 Å². The Labute approximate surface area is 271 Å². The molecular formula is C35H31ClN4O4S. The minimum absolute atomic E-state index is 0.141. The number of ether oxygens (including phenoxy) is 3. The third kappa shape index (κ3) is 7.00. The molecule has 1 atom stereocenters. The lowest BCUT2D eigenvalue weighted by Gasteiger charge is -2.28. The molecule has 1 aliphatic rings. The fourth-order valence-corrected chi connectivity index (χ4v) is 6.15. The van der Waals surface area contributed by atoms with Gasteiger partial charge in [0, 0.05) is 16.5 Å². The average Bonchev–Trinajstić information content (AvgIpc) is 3.48. The predicted molar refractivity (Wildman–Crippen MR) is 176 cm³/mol. The van der Waals surface area contributed by atoms with E-state index in [0.29, 0.717) is 51.3 Å². The number of halogens is 1. The topological polar surface area (TPSA) is 87.5 Å². The van der Waals surface area contributed by atoms with Crippen LogP contribution in [0.2, 0.25) is 5.02 Å². The maximum absolute atomic E-state index is 13.8. The first-order valence-electron chi connectivity index (χ1n) is 14.4. The van der Waals surface area contributed by atoms with Crippen LogP contribution in [0.4, 0.5) is 5.95 Å². The summed E-state index contributed by atoms with van der Waals surface area (Å²) in [7, 11) is 1.59. The van der Waals surface area contributed by atoms with Gasteiger partial charge in [0.25, 0.3) is 0 Å². The molecule has 45 heavy (non-hydrogen) atoms. The molecule has 0 spiro atoms. The number of thioether (sulfide) groups is 1. The number of carbonyl (C=O) groups excluding carboxylic acids is 1. The van der Waals surface area contributed by atoms with Crippen molar-refractivity contribution in [1.29, 1.82) is 0 Å². The second-order valence-electron chi connectivity index (χ2n) is 10.4. The molecule has 0 amide bonds. The predicted octanol–water partition coefficient (Wildman–Crippen LogP) is 7.84. The second-order valence-corrected chi connectivity index (χ2v) is 11.7. The van der Waals surface area contributed by atoms with E-state index in [4.69, 9.17) is 35.9 Å². The standard InChI is InChI=1S/C35H31ClN4O4S/c1-23-31(33(41)44-21-25-13-7-4-8-14-25)32(26-17-18-29(30(19-26)42-2)43-20-24-11-5-3-6-12-24)40-34(37-23)38-35(39-40)45-22-27-15-9-10-16-28(27)36/h3-19,32H,20-22H2,1-2H3,(H,37,38,39). The van der Waals surface area contributed by atoms with E-state index >= 15 is 0 Å². The summed E-state index contributed by atoms with van der Waals surface area (Å²) in [4.78, 5) is 18.5. The Hall–Kier alpha value is -4.73. The Kier molecular flexibility index (Phi) is 9.38. The van der Waals surface area contributed by atoms with Crippen LogP contribution in [0.25, 0.3) is 0 Å². The lowest BCUT2D eigenvalue weighted by molar-refractivity contribution is -0.140. The SMILES string of the molecule is COc1cc(C2C(C(=O)OCc3ccccc3)=C(C)Nc3nc(SCc4ccccc4Cl)nn32)ccc1OCc1ccccc1. The molecule has 4 aromatic carbocycles. The number of carbonyl (C=O) groups is 1. The molecule has 0 radical (unpaired) electrons. The first-order valence-corrected chi connectivity index (χ1v) is 15.7. The van der Waals surface area contributed by atoms with E-state index in [-0.39, 0.29) is 6.61 Å². The molecule has 1 unspecified atom stereocenters. The van der Waals surface area contributed by atoms with Crippen molar-refractivity contribution in [2.45, 2.75) is 37.1 Å². The summed E-state index contributed by atoms with van der Waals surface area (Å²) in [6.45, 7) is 2.37. The third-order valence-corrected chi connectivity index (χ3v) is 8.58. The van der Waals surface area contributed by atoms with Gasteiger partial charge in [0.05, 0.1) is 12.7 Å². The fraction of sp³-hybridized carbons (Fsp3) is 0.171. The summed E-state index contributed by atoms with van der Waals surface area (Å²) in [6.07, 6.45) is 0. The van der Waals surface area contributed by atoms with E-state index in [9.17, 15) is 4.79 Å². The van der Waals surface area contributed by atoms with E-state index in [0.717, 1.165) is 22.3 Å². The van der Waals surface area contributed by atoms with E-state index < -0.39 is 12.0 Å². The quantitative estimate of drug-likeness (QED) is 0.116. The molecule has 0 saturated carbocycles. The first kappa shape index (κ1) is 30.3. The Bertz CT molecular complexity index is 1830. The number of anilines is 1. The summed E-state index contributed by atoms with van der Waals surface area (Å²) in [6, 6.07) is 32.2. The molecule has 1 aliphatic heterocycles. The molecule has 8 nitrogen and oxygen atoms in total. The van der Waals surface area contributed by atoms with Crippen molar-refractivity contribution < 1.29 is 19.0 Å². The van der Waals surface area contributed by atoms with Crippen molar-refractivity contribution in [3.05, 3.63) is 142 Å². The Morgan fingerprint density at radius 2 is 1.60 bits per heavy atom. The van der Waals surface area contributed by atoms with Gasteiger partial charge >= 0.3 is 5.97 Å². The number of nitrogens with one attached hydrogen (secondary N) is 1. The van der Waals surface area contributed by atoms with Gasteiger partial charge in [-0.15, -0.1) is 5.10 Å². The molecule has 0 saturated heterocycles. The average molecular weight is 639 g/mol. The number of rotatable bonds is 11. The normalized spacial score (nSPS) is 14.0. The Morgan fingerprint density at radius 1 is 0.911 bits per heavy atom. The molecule has 0 bridgehead atoms. The maximum atomic E-state index is 13.8. The van der Waals surface area contributed by atoms with Gasteiger partial charge in [-0.25, -0.2) is 9.48 Å². The van der Waals surface area contributed by atoms with Crippen LogP contribution < -0.4 is 14.8 Å². The van der Waals surface area contributed by atoms with Crippen molar-refractivity contribution in [3.63, 3.8) is 0 Å². The number of esters is 1. The zero-order valence-corrected chi connectivity index (χ0v) is 26.3. The highest BCUT2D eigenvalue weighted by Gasteiger charge is 2.36. The van der Waals surface area contributed by atoms with E-state index in [1.807, 2.05) is 110 Å². The van der Waals surface area contributed by atoms with E-state index in [1.54, 1.807) is 11.8 Å². The molecule has 6 rings (SSSR count). The summed E-state index contributed by atoms with van der Waals surface area (Å²) >= 11 is 7.85. The molecule has 1 aromatic heterocycles. The fourth-order valence-electron chi connectivity index (χ4n) is 5.03. The second kappa shape index (κ2) is 13.9.